The van der Waals surface area contributed by atoms with Gasteiger partial charge in [0.25, 0.3) is 11.8 Å². The summed E-state index contributed by atoms with van der Waals surface area (Å²) in [6.07, 6.45) is 0. The van der Waals surface area contributed by atoms with E-state index in [1.807, 2.05) is 0 Å². The molecule has 1 aliphatic rings. The average Bonchev–Trinajstić information content (AvgIpc) is 2.53. The minimum absolute atomic E-state index is 0.00172. The van der Waals surface area contributed by atoms with Crippen LogP contribution >= 0.6 is 11.6 Å². The Bertz CT molecular complexity index is 641. The van der Waals surface area contributed by atoms with E-state index in [4.69, 9.17) is 17.3 Å². The lowest BCUT2D eigenvalue weighted by molar-refractivity contribution is 0.0766. The molecule has 0 aromatic heterocycles. The van der Waals surface area contributed by atoms with Crippen molar-refractivity contribution in [1.29, 1.82) is 0 Å². The van der Waals surface area contributed by atoms with Gasteiger partial charge in [-0.15, -0.1) is 11.6 Å². The van der Waals surface area contributed by atoms with Crippen LogP contribution in [0.25, 0.3) is 0 Å². The Hall–Kier alpha value is -1.60. The standard InChI is InChI=1S/C10H9ClN2O4S/c11-4-5-18(16,17)13-9(14)6-2-1-3-7(12)8(6)10(13)15/h1-3H,4-5,12H2. The number of fused-ring (bicyclic) bond motifs is 1. The molecule has 1 aromatic carbocycles. The van der Waals surface area contributed by atoms with E-state index in [9.17, 15) is 18.0 Å². The minimum atomic E-state index is -4.05. The van der Waals surface area contributed by atoms with Crippen molar-refractivity contribution in [2.75, 3.05) is 17.4 Å². The molecule has 0 atom stereocenters. The highest BCUT2D eigenvalue weighted by Crippen LogP contribution is 2.29. The third-order valence-electron chi connectivity index (χ3n) is 2.52. The first-order chi connectivity index (χ1) is 8.40. The molecule has 0 spiro atoms. The van der Waals surface area contributed by atoms with E-state index >= 15 is 0 Å². The van der Waals surface area contributed by atoms with Crippen LogP contribution in [0.2, 0.25) is 0 Å². The van der Waals surface area contributed by atoms with Crippen LogP contribution in [0.15, 0.2) is 18.2 Å². The number of alkyl halides is 1. The minimum Gasteiger partial charge on any atom is -0.398 e. The Kier molecular flexibility index (Phi) is 3.04. The number of sulfonamides is 1. The maximum absolute atomic E-state index is 12.0. The lowest BCUT2D eigenvalue weighted by atomic mass is 10.1. The lowest BCUT2D eigenvalue weighted by Gasteiger charge is -2.12. The highest BCUT2D eigenvalue weighted by molar-refractivity contribution is 7.90. The van der Waals surface area contributed by atoms with E-state index in [1.54, 1.807) is 0 Å². The van der Waals surface area contributed by atoms with Gasteiger partial charge in [-0.1, -0.05) is 6.07 Å². The van der Waals surface area contributed by atoms with Gasteiger partial charge in [-0.25, -0.2) is 8.42 Å². The van der Waals surface area contributed by atoms with Gasteiger partial charge in [0.05, 0.1) is 16.9 Å². The van der Waals surface area contributed by atoms with Crippen LogP contribution in [-0.4, -0.2) is 36.2 Å². The number of nitrogens with two attached hydrogens (primary N) is 1. The zero-order valence-electron chi connectivity index (χ0n) is 9.09. The summed E-state index contributed by atoms with van der Waals surface area (Å²) in [4.78, 5) is 23.9. The Morgan fingerprint density at radius 2 is 1.89 bits per heavy atom. The largest absolute Gasteiger partial charge is 0.398 e. The molecule has 0 radical (unpaired) electrons. The summed E-state index contributed by atoms with van der Waals surface area (Å²) in [5.41, 5.74) is 5.59. The zero-order valence-corrected chi connectivity index (χ0v) is 10.7. The number of anilines is 1. The first-order valence-corrected chi connectivity index (χ1v) is 7.10. The molecule has 18 heavy (non-hydrogen) atoms. The van der Waals surface area contributed by atoms with E-state index in [1.165, 1.54) is 18.2 Å². The summed E-state index contributed by atoms with van der Waals surface area (Å²) >= 11 is 5.35. The first kappa shape index (κ1) is 12.8. The highest BCUT2D eigenvalue weighted by Gasteiger charge is 2.43. The van der Waals surface area contributed by atoms with Crippen molar-refractivity contribution < 1.29 is 18.0 Å². The number of carbonyl (C=O) groups excluding carboxylic acids is 2. The number of hydrogen-bond donors (Lipinski definition) is 1. The number of hydrogen-bond acceptors (Lipinski definition) is 5. The van der Waals surface area contributed by atoms with Gasteiger partial charge in [-0.2, -0.15) is 4.31 Å². The molecule has 0 saturated carbocycles. The molecular formula is C10H9ClN2O4S. The Labute approximate surface area is 108 Å². The topological polar surface area (TPSA) is 97.5 Å². The van der Waals surface area contributed by atoms with Gasteiger partial charge < -0.3 is 5.73 Å². The number of rotatable bonds is 3. The van der Waals surface area contributed by atoms with E-state index < -0.39 is 27.6 Å². The van der Waals surface area contributed by atoms with Crippen LogP contribution in [0.4, 0.5) is 5.69 Å². The van der Waals surface area contributed by atoms with Crippen molar-refractivity contribution in [3.63, 3.8) is 0 Å². The average molecular weight is 289 g/mol. The van der Waals surface area contributed by atoms with Crippen molar-refractivity contribution >= 4 is 39.1 Å². The lowest BCUT2D eigenvalue weighted by Crippen LogP contribution is -2.38. The monoisotopic (exact) mass is 288 g/mol. The van der Waals surface area contributed by atoms with Gasteiger partial charge >= 0.3 is 0 Å². The number of nitrogens with zero attached hydrogens (tertiary/aromatic N) is 1. The van der Waals surface area contributed by atoms with Crippen molar-refractivity contribution in [2.45, 2.75) is 0 Å². The van der Waals surface area contributed by atoms with E-state index in [0.717, 1.165) is 0 Å². The fraction of sp³-hybridized carbons (Fsp3) is 0.200. The summed E-state index contributed by atoms with van der Waals surface area (Å²) in [6, 6.07) is 4.28. The predicted octanol–water partition coefficient (Wildman–Crippen LogP) is 0.433. The Morgan fingerprint density at radius 3 is 2.44 bits per heavy atom. The maximum Gasteiger partial charge on any atom is 0.277 e. The van der Waals surface area contributed by atoms with Gasteiger partial charge in [0.2, 0.25) is 10.0 Å². The molecule has 1 heterocycles. The van der Waals surface area contributed by atoms with Crippen molar-refractivity contribution in [2.24, 2.45) is 0 Å². The van der Waals surface area contributed by atoms with Gasteiger partial charge in [0.1, 0.15) is 0 Å². The summed E-state index contributed by atoms with van der Waals surface area (Å²) in [5.74, 6) is -2.49. The second-order valence-corrected chi connectivity index (χ2v) is 5.96. The normalized spacial score (nSPS) is 15.1. The SMILES string of the molecule is Nc1cccc2c1C(=O)N(S(=O)(=O)CCCl)C2=O. The molecule has 2 N–H and O–H groups in total. The molecule has 0 aliphatic carbocycles. The van der Waals surface area contributed by atoms with E-state index in [-0.39, 0.29) is 27.0 Å². The van der Waals surface area contributed by atoms with Gasteiger partial charge in [-0.3, -0.25) is 9.59 Å². The third-order valence-corrected chi connectivity index (χ3v) is 4.54. The second-order valence-electron chi connectivity index (χ2n) is 3.65. The number of benzene rings is 1. The summed E-state index contributed by atoms with van der Waals surface area (Å²) in [5, 5.41) is 0. The highest BCUT2D eigenvalue weighted by atomic mass is 35.5. The number of imide groups is 1. The molecule has 1 aromatic rings. The molecule has 6 nitrogen and oxygen atoms in total. The van der Waals surface area contributed by atoms with E-state index in [2.05, 4.69) is 0 Å². The Morgan fingerprint density at radius 1 is 1.22 bits per heavy atom. The molecular weight excluding hydrogens is 280 g/mol. The number of amides is 2. The van der Waals surface area contributed by atoms with Crippen LogP contribution in [0.3, 0.4) is 0 Å². The second kappa shape index (κ2) is 4.25. The quantitative estimate of drug-likeness (QED) is 0.494. The molecule has 0 saturated heterocycles. The molecule has 0 bridgehead atoms. The Balaban J connectivity index is 2.57. The smallest absolute Gasteiger partial charge is 0.277 e. The number of halogens is 1. The molecule has 2 rings (SSSR count). The fourth-order valence-corrected chi connectivity index (χ4v) is 3.39. The van der Waals surface area contributed by atoms with Crippen LogP contribution in [-0.2, 0) is 10.0 Å². The molecule has 2 amide bonds. The van der Waals surface area contributed by atoms with Crippen LogP contribution in [0.5, 0.6) is 0 Å². The maximum atomic E-state index is 12.0. The first-order valence-electron chi connectivity index (χ1n) is 4.96. The van der Waals surface area contributed by atoms with Gasteiger partial charge in [0.15, 0.2) is 0 Å². The third kappa shape index (κ3) is 1.75. The molecule has 96 valence electrons. The van der Waals surface area contributed by atoms with Gasteiger partial charge in [0, 0.05) is 11.6 Å². The van der Waals surface area contributed by atoms with Crippen LogP contribution in [0.1, 0.15) is 20.7 Å². The molecule has 8 heteroatoms. The molecule has 1 aliphatic heterocycles. The van der Waals surface area contributed by atoms with Crippen LogP contribution in [0, 0.1) is 0 Å². The van der Waals surface area contributed by atoms with Crippen molar-refractivity contribution in [1.82, 2.24) is 4.31 Å². The summed E-state index contributed by atoms with van der Waals surface area (Å²) in [6.45, 7) is 0. The van der Waals surface area contributed by atoms with Crippen LogP contribution < -0.4 is 5.73 Å². The molecule has 0 fully saturated rings. The van der Waals surface area contributed by atoms with Crippen molar-refractivity contribution in [3.05, 3.63) is 29.3 Å². The predicted molar refractivity (Wildman–Crippen MR) is 65.9 cm³/mol. The summed E-state index contributed by atoms with van der Waals surface area (Å²) < 4.78 is 23.8. The molecule has 0 unspecified atom stereocenters. The summed E-state index contributed by atoms with van der Waals surface area (Å²) in [7, 11) is -4.05. The van der Waals surface area contributed by atoms with E-state index in [0.29, 0.717) is 0 Å². The van der Waals surface area contributed by atoms with Crippen molar-refractivity contribution in [3.8, 4) is 0 Å². The fourth-order valence-electron chi connectivity index (χ4n) is 1.73. The number of carbonyl (C=O) groups is 2. The van der Waals surface area contributed by atoms with Gasteiger partial charge in [-0.05, 0) is 12.1 Å². The number of nitrogen functional groups attached to an aromatic ring is 1. The zero-order chi connectivity index (χ0) is 13.5.